The Labute approximate surface area is 129 Å². The monoisotopic (exact) mass is 310 g/mol. The highest BCUT2D eigenvalue weighted by Crippen LogP contribution is 2.16. The Morgan fingerprint density at radius 3 is 2.50 bits per heavy atom. The van der Waals surface area contributed by atoms with Crippen LogP contribution in [-0.4, -0.2) is 19.6 Å². The maximum absolute atomic E-state index is 12.2. The first-order valence-corrected chi connectivity index (χ1v) is 8.21. The summed E-state index contributed by atoms with van der Waals surface area (Å²) in [6.45, 7) is 1.90. The van der Waals surface area contributed by atoms with E-state index in [0.717, 1.165) is 16.5 Å². The molecule has 0 amide bonds. The average Bonchev–Trinajstić information content (AvgIpc) is 2.53. The fourth-order valence-corrected chi connectivity index (χ4v) is 2.98. The summed E-state index contributed by atoms with van der Waals surface area (Å²) in [4.78, 5) is 4.46. The van der Waals surface area contributed by atoms with Gasteiger partial charge in [0.05, 0.1) is 10.4 Å². The van der Waals surface area contributed by atoms with Crippen LogP contribution >= 0.6 is 0 Å². The molecular formula is C17H14N2O2S. The number of hydrogen-bond acceptors (Lipinski definition) is 3. The summed E-state index contributed by atoms with van der Waals surface area (Å²) >= 11 is 0. The maximum atomic E-state index is 12.2. The van der Waals surface area contributed by atoms with E-state index in [-0.39, 0.29) is 4.90 Å². The molecule has 1 aromatic heterocycles. The Kier molecular flexibility index (Phi) is 3.73. The van der Waals surface area contributed by atoms with Gasteiger partial charge in [0, 0.05) is 23.4 Å². The second kappa shape index (κ2) is 5.69. The number of rotatable bonds is 3. The van der Waals surface area contributed by atoms with E-state index in [0.29, 0.717) is 5.56 Å². The molecule has 0 aliphatic heterocycles. The standard InChI is InChI=1S/C17H14N2O2S/c1-13-7-9-16(10-8-13)22(20,21)19-12-15-5-2-4-14-6-3-11-18-17(14)15/h2-12H,1H3. The van der Waals surface area contributed by atoms with Crippen LogP contribution < -0.4 is 0 Å². The first-order valence-electron chi connectivity index (χ1n) is 6.77. The molecule has 0 spiro atoms. The predicted octanol–water partition coefficient (Wildman–Crippen LogP) is 3.35. The van der Waals surface area contributed by atoms with E-state index in [9.17, 15) is 8.42 Å². The topological polar surface area (TPSA) is 59.4 Å². The van der Waals surface area contributed by atoms with Gasteiger partial charge in [-0.25, -0.2) is 0 Å². The van der Waals surface area contributed by atoms with Gasteiger partial charge in [0.2, 0.25) is 0 Å². The van der Waals surface area contributed by atoms with Gasteiger partial charge in [0.15, 0.2) is 0 Å². The van der Waals surface area contributed by atoms with Crippen molar-refractivity contribution in [2.45, 2.75) is 11.8 Å². The molecule has 2 aromatic carbocycles. The van der Waals surface area contributed by atoms with Crippen molar-refractivity contribution in [1.29, 1.82) is 0 Å². The lowest BCUT2D eigenvalue weighted by Crippen LogP contribution is -1.98. The molecule has 0 radical (unpaired) electrons. The van der Waals surface area contributed by atoms with Crippen LogP contribution in [-0.2, 0) is 10.0 Å². The number of hydrogen-bond donors (Lipinski definition) is 0. The molecule has 3 rings (SSSR count). The highest BCUT2D eigenvalue weighted by Gasteiger charge is 2.11. The Bertz CT molecular complexity index is 941. The van der Waals surface area contributed by atoms with E-state index in [2.05, 4.69) is 9.38 Å². The number of aromatic nitrogens is 1. The first kappa shape index (κ1) is 14.4. The van der Waals surface area contributed by atoms with Crippen LogP contribution in [0.2, 0.25) is 0 Å². The molecule has 0 saturated carbocycles. The van der Waals surface area contributed by atoms with Crippen molar-refractivity contribution >= 4 is 27.1 Å². The third-order valence-corrected chi connectivity index (χ3v) is 4.56. The lowest BCUT2D eigenvalue weighted by atomic mass is 10.1. The molecule has 5 heteroatoms. The SMILES string of the molecule is Cc1ccc(S(=O)(=O)N=Cc2cccc3cccnc23)cc1. The van der Waals surface area contributed by atoms with Gasteiger partial charge in [-0.15, -0.1) is 0 Å². The van der Waals surface area contributed by atoms with Crippen molar-refractivity contribution in [3.63, 3.8) is 0 Å². The quantitative estimate of drug-likeness (QED) is 0.697. The molecule has 1 heterocycles. The van der Waals surface area contributed by atoms with Crippen LogP contribution in [0.25, 0.3) is 10.9 Å². The zero-order valence-electron chi connectivity index (χ0n) is 12.0. The third-order valence-electron chi connectivity index (χ3n) is 3.31. The van der Waals surface area contributed by atoms with Gasteiger partial charge in [0.25, 0.3) is 10.0 Å². The molecule has 0 unspecified atom stereocenters. The van der Waals surface area contributed by atoms with Crippen molar-refractivity contribution < 1.29 is 8.42 Å². The number of sulfonamides is 1. The fourth-order valence-electron chi connectivity index (χ4n) is 2.13. The summed E-state index contributed by atoms with van der Waals surface area (Å²) in [7, 11) is -3.70. The minimum atomic E-state index is -3.70. The second-order valence-electron chi connectivity index (χ2n) is 4.94. The van der Waals surface area contributed by atoms with Crippen LogP contribution in [0.3, 0.4) is 0 Å². The van der Waals surface area contributed by atoms with Crippen molar-refractivity contribution in [2.24, 2.45) is 4.40 Å². The van der Waals surface area contributed by atoms with Gasteiger partial charge in [-0.3, -0.25) is 4.98 Å². The van der Waals surface area contributed by atoms with Crippen LogP contribution in [0.1, 0.15) is 11.1 Å². The normalized spacial score (nSPS) is 12.0. The number of fused-ring (bicyclic) bond motifs is 1. The van der Waals surface area contributed by atoms with Crippen LogP contribution in [0, 0.1) is 6.92 Å². The third kappa shape index (κ3) is 2.89. The molecule has 0 N–H and O–H groups in total. The lowest BCUT2D eigenvalue weighted by Gasteiger charge is -2.01. The summed E-state index contributed by atoms with van der Waals surface area (Å²) in [5, 5.41) is 0.944. The number of pyridine rings is 1. The summed E-state index contributed by atoms with van der Waals surface area (Å²) in [5.41, 5.74) is 2.41. The highest BCUT2D eigenvalue weighted by atomic mass is 32.2. The largest absolute Gasteiger partial charge is 0.282 e. The van der Waals surface area contributed by atoms with E-state index in [4.69, 9.17) is 0 Å². The fraction of sp³-hybridized carbons (Fsp3) is 0.0588. The molecule has 0 bridgehead atoms. The molecule has 22 heavy (non-hydrogen) atoms. The smallest absolute Gasteiger partial charge is 0.256 e. The number of para-hydroxylation sites is 1. The Hall–Kier alpha value is -2.53. The van der Waals surface area contributed by atoms with Crippen molar-refractivity contribution in [3.05, 3.63) is 71.9 Å². The van der Waals surface area contributed by atoms with E-state index in [1.807, 2.05) is 31.2 Å². The van der Waals surface area contributed by atoms with Crippen LogP contribution in [0.4, 0.5) is 0 Å². The van der Waals surface area contributed by atoms with E-state index < -0.39 is 10.0 Å². The molecule has 0 atom stereocenters. The van der Waals surface area contributed by atoms with E-state index >= 15 is 0 Å². The van der Waals surface area contributed by atoms with Gasteiger partial charge in [0.1, 0.15) is 0 Å². The molecule has 3 aromatic rings. The zero-order chi connectivity index (χ0) is 15.6. The second-order valence-corrected chi connectivity index (χ2v) is 6.58. The molecule has 110 valence electrons. The molecule has 0 aliphatic carbocycles. The number of nitrogens with zero attached hydrogens (tertiary/aromatic N) is 2. The average molecular weight is 310 g/mol. The Balaban J connectivity index is 2.00. The minimum absolute atomic E-state index is 0.183. The van der Waals surface area contributed by atoms with E-state index in [1.54, 1.807) is 36.5 Å². The summed E-state index contributed by atoms with van der Waals surface area (Å²) < 4.78 is 28.3. The summed E-state index contributed by atoms with van der Waals surface area (Å²) in [6.07, 6.45) is 3.03. The number of benzene rings is 2. The van der Waals surface area contributed by atoms with Gasteiger partial charge < -0.3 is 0 Å². The first-order chi connectivity index (χ1) is 10.6. The summed E-state index contributed by atoms with van der Waals surface area (Å²) in [6, 6.07) is 16.0. The maximum Gasteiger partial charge on any atom is 0.282 e. The van der Waals surface area contributed by atoms with Gasteiger partial charge in [-0.2, -0.15) is 12.8 Å². The molecule has 0 saturated heterocycles. The highest BCUT2D eigenvalue weighted by molar-refractivity contribution is 7.90. The molecule has 4 nitrogen and oxygen atoms in total. The van der Waals surface area contributed by atoms with Crippen LogP contribution in [0.5, 0.6) is 0 Å². The van der Waals surface area contributed by atoms with Crippen molar-refractivity contribution in [1.82, 2.24) is 4.98 Å². The van der Waals surface area contributed by atoms with Gasteiger partial charge >= 0.3 is 0 Å². The molecule has 0 fully saturated rings. The van der Waals surface area contributed by atoms with Crippen molar-refractivity contribution in [3.8, 4) is 0 Å². The van der Waals surface area contributed by atoms with Gasteiger partial charge in [-0.05, 0) is 25.1 Å². The Morgan fingerprint density at radius 1 is 1.00 bits per heavy atom. The molecular weight excluding hydrogens is 296 g/mol. The minimum Gasteiger partial charge on any atom is -0.256 e. The van der Waals surface area contributed by atoms with E-state index in [1.165, 1.54) is 6.21 Å². The zero-order valence-corrected chi connectivity index (χ0v) is 12.8. The molecule has 0 aliphatic rings. The van der Waals surface area contributed by atoms with Gasteiger partial charge in [-0.1, -0.05) is 42.0 Å². The predicted molar refractivity (Wildman–Crippen MR) is 87.7 cm³/mol. The lowest BCUT2D eigenvalue weighted by molar-refractivity contribution is 0.598. The van der Waals surface area contributed by atoms with Crippen LogP contribution in [0.15, 0.2) is 70.1 Å². The summed E-state index contributed by atoms with van der Waals surface area (Å²) in [5.74, 6) is 0. The number of aryl methyl sites for hydroxylation is 1. The van der Waals surface area contributed by atoms with Crippen molar-refractivity contribution in [2.75, 3.05) is 0 Å². The Morgan fingerprint density at radius 2 is 1.73 bits per heavy atom.